The summed E-state index contributed by atoms with van der Waals surface area (Å²) in [5, 5.41) is 7.32. The van der Waals surface area contributed by atoms with Crippen molar-refractivity contribution in [1.82, 2.24) is 15.5 Å². The zero-order valence-corrected chi connectivity index (χ0v) is 22.9. The zero-order valence-electron chi connectivity index (χ0n) is 22.1. The number of nitrogens with one attached hydrogen (secondary N) is 2. The SMILES string of the molecule is COc1ccc(CN[C@H]2C[C@@H](C(=O)NCCc3ccccc3F)N(Cc3cccc(Cl)c3)C2)c(OC)c1C. The molecule has 1 aliphatic heterocycles. The molecule has 202 valence electrons. The van der Waals surface area contributed by atoms with Gasteiger partial charge in [-0.2, -0.15) is 0 Å². The van der Waals surface area contributed by atoms with Gasteiger partial charge in [0.1, 0.15) is 17.3 Å². The largest absolute Gasteiger partial charge is 0.496 e. The highest BCUT2D eigenvalue weighted by Crippen LogP contribution is 2.31. The topological polar surface area (TPSA) is 62.8 Å². The smallest absolute Gasteiger partial charge is 0.237 e. The summed E-state index contributed by atoms with van der Waals surface area (Å²) >= 11 is 6.22. The highest BCUT2D eigenvalue weighted by Gasteiger charge is 2.36. The van der Waals surface area contributed by atoms with E-state index in [2.05, 4.69) is 15.5 Å². The molecule has 2 atom stereocenters. The van der Waals surface area contributed by atoms with E-state index in [1.165, 1.54) is 6.07 Å². The van der Waals surface area contributed by atoms with E-state index in [4.69, 9.17) is 21.1 Å². The van der Waals surface area contributed by atoms with E-state index in [1.807, 2.05) is 43.3 Å². The predicted octanol–water partition coefficient (Wildman–Crippen LogP) is 4.90. The number of hydrogen-bond acceptors (Lipinski definition) is 5. The van der Waals surface area contributed by atoms with Gasteiger partial charge in [0.25, 0.3) is 0 Å². The van der Waals surface area contributed by atoms with Crippen molar-refractivity contribution in [2.45, 2.75) is 44.9 Å². The van der Waals surface area contributed by atoms with Crippen molar-refractivity contribution in [3.8, 4) is 11.5 Å². The lowest BCUT2D eigenvalue weighted by Crippen LogP contribution is -2.43. The number of benzene rings is 3. The lowest BCUT2D eigenvalue weighted by molar-refractivity contribution is -0.125. The Hall–Kier alpha value is -3.13. The molecule has 0 aliphatic carbocycles. The highest BCUT2D eigenvalue weighted by molar-refractivity contribution is 6.30. The molecule has 8 heteroatoms. The quantitative estimate of drug-likeness (QED) is 0.363. The molecule has 1 saturated heterocycles. The summed E-state index contributed by atoms with van der Waals surface area (Å²) in [5.74, 6) is 1.28. The minimum Gasteiger partial charge on any atom is -0.496 e. The average molecular weight is 540 g/mol. The lowest BCUT2D eigenvalue weighted by Gasteiger charge is -2.23. The molecule has 0 unspecified atom stereocenters. The third-order valence-corrected chi connectivity index (χ3v) is 7.31. The van der Waals surface area contributed by atoms with Crippen molar-refractivity contribution in [3.63, 3.8) is 0 Å². The molecule has 38 heavy (non-hydrogen) atoms. The number of carbonyl (C=O) groups excluding carboxylic acids is 1. The molecule has 3 aromatic rings. The highest BCUT2D eigenvalue weighted by atomic mass is 35.5. The number of nitrogens with zero attached hydrogens (tertiary/aromatic N) is 1. The van der Waals surface area contributed by atoms with E-state index in [0.717, 1.165) is 28.2 Å². The number of halogens is 2. The molecular weight excluding hydrogens is 505 g/mol. The minimum atomic E-state index is -0.313. The molecule has 1 fully saturated rings. The maximum absolute atomic E-state index is 14.0. The fourth-order valence-corrected chi connectivity index (χ4v) is 5.35. The van der Waals surface area contributed by atoms with Crippen LogP contribution in [0.15, 0.2) is 60.7 Å². The number of ether oxygens (including phenoxy) is 2. The molecule has 4 rings (SSSR count). The molecule has 2 N–H and O–H groups in total. The van der Waals surface area contributed by atoms with Crippen LogP contribution in [0.3, 0.4) is 0 Å². The van der Waals surface area contributed by atoms with Gasteiger partial charge in [-0.05, 0) is 55.2 Å². The maximum Gasteiger partial charge on any atom is 0.237 e. The number of carbonyl (C=O) groups is 1. The van der Waals surface area contributed by atoms with E-state index in [-0.39, 0.29) is 23.8 Å². The Morgan fingerprint density at radius 1 is 1.08 bits per heavy atom. The summed E-state index contributed by atoms with van der Waals surface area (Å²) < 4.78 is 25.1. The monoisotopic (exact) mass is 539 g/mol. The molecule has 1 heterocycles. The van der Waals surface area contributed by atoms with Crippen molar-refractivity contribution < 1.29 is 18.7 Å². The Labute approximate surface area is 229 Å². The summed E-state index contributed by atoms with van der Waals surface area (Å²) in [6, 6.07) is 18.1. The van der Waals surface area contributed by atoms with Crippen molar-refractivity contribution in [1.29, 1.82) is 0 Å². The Morgan fingerprint density at radius 2 is 1.89 bits per heavy atom. The van der Waals surface area contributed by atoms with Gasteiger partial charge in [-0.1, -0.05) is 48.0 Å². The average Bonchev–Trinajstić information content (AvgIpc) is 3.31. The second kappa shape index (κ2) is 13.1. The molecule has 0 saturated carbocycles. The number of methoxy groups -OCH3 is 2. The molecule has 0 radical (unpaired) electrons. The van der Waals surface area contributed by atoms with Crippen molar-refractivity contribution in [2.24, 2.45) is 0 Å². The lowest BCUT2D eigenvalue weighted by atomic mass is 10.1. The van der Waals surface area contributed by atoms with Gasteiger partial charge in [0.05, 0.1) is 20.3 Å². The molecule has 0 spiro atoms. The molecule has 6 nitrogen and oxygen atoms in total. The summed E-state index contributed by atoms with van der Waals surface area (Å²) in [4.78, 5) is 15.5. The van der Waals surface area contributed by atoms with Gasteiger partial charge < -0.3 is 20.1 Å². The Bertz CT molecular complexity index is 1260. The van der Waals surface area contributed by atoms with Gasteiger partial charge in [0.15, 0.2) is 0 Å². The standard InChI is InChI=1S/C30H35ClFN3O3/c1-20-28(37-2)12-11-23(29(20)38-3)17-34-25-16-27(35(19-25)18-21-7-6-9-24(31)15-21)30(36)33-14-13-22-8-4-5-10-26(22)32/h4-12,15,25,27,34H,13-14,16-19H2,1-3H3,(H,33,36)/t25-,27-/m0/s1. The van der Waals surface area contributed by atoms with Crippen LogP contribution in [-0.2, 0) is 24.3 Å². The van der Waals surface area contributed by atoms with Crippen LogP contribution in [0.25, 0.3) is 0 Å². The van der Waals surface area contributed by atoms with Crippen molar-refractivity contribution >= 4 is 17.5 Å². The second-order valence-corrected chi connectivity index (χ2v) is 10.0. The van der Waals surface area contributed by atoms with Crippen LogP contribution in [0.4, 0.5) is 4.39 Å². The first-order chi connectivity index (χ1) is 18.4. The van der Waals surface area contributed by atoms with E-state index < -0.39 is 0 Å². The van der Waals surface area contributed by atoms with E-state index in [0.29, 0.717) is 49.6 Å². The summed E-state index contributed by atoms with van der Waals surface area (Å²) in [6.45, 7) is 4.27. The van der Waals surface area contributed by atoms with Crippen LogP contribution in [-0.4, -0.2) is 50.2 Å². The maximum atomic E-state index is 14.0. The Balaban J connectivity index is 1.43. The van der Waals surface area contributed by atoms with Gasteiger partial charge in [-0.3, -0.25) is 9.69 Å². The molecule has 1 amide bonds. The summed E-state index contributed by atoms with van der Waals surface area (Å²) in [5.41, 5.74) is 3.63. The van der Waals surface area contributed by atoms with Crippen LogP contribution in [0.2, 0.25) is 5.02 Å². The van der Waals surface area contributed by atoms with E-state index >= 15 is 0 Å². The van der Waals surface area contributed by atoms with Gasteiger partial charge in [-0.25, -0.2) is 4.39 Å². The number of hydrogen-bond donors (Lipinski definition) is 2. The third-order valence-electron chi connectivity index (χ3n) is 7.08. The first kappa shape index (κ1) is 27.9. The van der Waals surface area contributed by atoms with E-state index in [1.54, 1.807) is 32.4 Å². The number of likely N-dealkylation sites (tertiary alicyclic amines) is 1. The first-order valence-electron chi connectivity index (χ1n) is 12.8. The van der Waals surface area contributed by atoms with Crippen LogP contribution < -0.4 is 20.1 Å². The molecular formula is C30H35ClFN3O3. The molecule has 0 aromatic heterocycles. The number of rotatable bonds is 11. The predicted molar refractivity (Wildman–Crippen MR) is 148 cm³/mol. The molecule has 1 aliphatic rings. The summed E-state index contributed by atoms with van der Waals surface area (Å²) in [7, 11) is 3.31. The van der Waals surface area contributed by atoms with Gasteiger partial charge in [0, 0.05) is 48.4 Å². The van der Waals surface area contributed by atoms with Gasteiger partial charge in [-0.15, -0.1) is 0 Å². The molecule has 3 aromatic carbocycles. The van der Waals surface area contributed by atoms with Gasteiger partial charge in [0.2, 0.25) is 5.91 Å². The van der Waals surface area contributed by atoms with E-state index in [9.17, 15) is 9.18 Å². The van der Waals surface area contributed by atoms with Crippen molar-refractivity contribution in [3.05, 3.63) is 93.8 Å². The minimum absolute atomic E-state index is 0.0504. The van der Waals surface area contributed by atoms with Crippen LogP contribution in [0.5, 0.6) is 11.5 Å². The Morgan fingerprint density at radius 3 is 2.63 bits per heavy atom. The third kappa shape index (κ3) is 6.84. The van der Waals surface area contributed by atoms with Crippen LogP contribution in [0.1, 0.15) is 28.7 Å². The van der Waals surface area contributed by atoms with Gasteiger partial charge >= 0.3 is 0 Å². The fourth-order valence-electron chi connectivity index (χ4n) is 5.14. The Kier molecular flexibility index (Phi) is 9.61. The summed E-state index contributed by atoms with van der Waals surface area (Å²) in [6.07, 6.45) is 1.10. The van der Waals surface area contributed by atoms with Crippen LogP contribution >= 0.6 is 11.6 Å². The molecule has 0 bridgehead atoms. The van der Waals surface area contributed by atoms with Crippen LogP contribution in [0, 0.1) is 12.7 Å². The first-order valence-corrected chi connectivity index (χ1v) is 13.2. The van der Waals surface area contributed by atoms with Crippen molar-refractivity contribution in [2.75, 3.05) is 27.3 Å². The normalized spacial score (nSPS) is 17.4. The zero-order chi connectivity index (χ0) is 27.1. The number of amides is 1. The second-order valence-electron chi connectivity index (χ2n) is 9.61. The fraction of sp³-hybridized carbons (Fsp3) is 0.367.